The summed E-state index contributed by atoms with van der Waals surface area (Å²) in [6.45, 7) is 3.96. The zero-order valence-electron chi connectivity index (χ0n) is 15.4. The van der Waals surface area contributed by atoms with Crippen LogP contribution < -0.4 is 10.1 Å². The Morgan fingerprint density at radius 2 is 1.96 bits per heavy atom. The molecular weight excluding hydrogens is 417 g/mol. The number of ether oxygens (including phenoxy) is 1. The molecule has 1 aliphatic heterocycles. The average Bonchev–Trinajstić information content (AvgIpc) is 2.99. The summed E-state index contributed by atoms with van der Waals surface area (Å²) in [5.74, 6) is 0.685. The molecule has 0 radical (unpaired) electrons. The Balaban J connectivity index is 1.60. The van der Waals surface area contributed by atoms with Crippen LogP contribution in [0.1, 0.15) is 25.0 Å². The maximum Gasteiger partial charge on any atom is 0.239 e. The van der Waals surface area contributed by atoms with Gasteiger partial charge in [-0.2, -0.15) is 5.10 Å². The zero-order chi connectivity index (χ0) is 20.1. The summed E-state index contributed by atoms with van der Waals surface area (Å²) in [5.41, 5.74) is 1.72. The van der Waals surface area contributed by atoms with Crippen LogP contribution in [0.4, 0.5) is 0 Å². The highest BCUT2D eigenvalue weighted by molar-refractivity contribution is 8.15. The number of hydrogen-bond acceptors (Lipinski definition) is 5. The van der Waals surface area contributed by atoms with Gasteiger partial charge >= 0.3 is 0 Å². The molecular formula is C20H19Cl2N3O2S. The number of hydrogen-bond donors (Lipinski definition) is 1. The van der Waals surface area contributed by atoms with Gasteiger partial charge in [0.25, 0.3) is 0 Å². The number of benzene rings is 2. The number of halogens is 2. The maximum absolute atomic E-state index is 12.2. The topological polar surface area (TPSA) is 63.1 Å². The average molecular weight is 436 g/mol. The second-order valence-corrected chi connectivity index (χ2v) is 8.37. The number of amides is 1. The van der Waals surface area contributed by atoms with E-state index in [1.165, 1.54) is 11.8 Å². The van der Waals surface area contributed by atoms with Crippen molar-refractivity contribution in [2.24, 2.45) is 10.2 Å². The van der Waals surface area contributed by atoms with Crippen LogP contribution in [0.3, 0.4) is 0 Å². The lowest BCUT2D eigenvalue weighted by atomic mass is 10.1. The number of carbonyl (C=O) groups is 1. The second kappa shape index (κ2) is 9.45. The van der Waals surface area contributed by atoms with E-state index in [1.807, 2.05) is 50.2 Å². The van der Waals surface area contributed by atoms with Crippen molar-refractivity contribution in [3.05, 3.63) is 63.6 Å². The first kappa shape index (κ1) is 20.7. The van der Waals surface area contributed by atoms with Crippen LogP contribution in [-0.4, -0.2) is 28.6 Å². The smallest absolute Gasteiger partial charge is 0.239 e. The van der Waals surface area contributed by atoms with Gasteiger partial charge in [0.15, 0.2) is 5.17 Å². The predicted molar refractivity (Wildman–Crippen MR) is 117 cm³/mol. The van der Waals surface area contributed by atoms with Crippen LogP contribution in [0, 0.1) is 0 Å². The van der Waals surface area contributed by atoms with Gasteiger partial charge in [0.2, 0.25) is 5.91 Å². The molecule has 0 bridgehead atoms. The largest absolute Gasteiger partial charge is 0.491 e. The minimum atomic E-state index is -0.322. The SMILES string of the molecule is CC(C)Oc1ccc(C=NN=C2NC(=O)C(Cc3cccc(Cl)c3Cl)S2)cc1. The highest BCUT2D eigenvalue weighted by atomic mass is 35.5. The third-order valence-electron chi connectivity index (χ3n) is 3.82. The number of nitrogens with zero attached hydrogens (tertiary/aromatic N) is 2. The fraction of sp³-hybridized carbons (Fsp3) is 0.250. The van der Waals surface area contributed by atoms with Crippen LogP contribution in [0.2, 0.25) is 10.0 Å². The molecule has 2 aromatic rings. The second-order valence-electron chi connectivity index (χ2n) is 6.40. The van der Waals surface area contributed by atoms with Crippen LogP contribution >= 0.6 is 35.0 Å². The molecule has 3 rings (SSSR count). The molecule has 0 aromatic heterocycles. The van der Waals surface area contributed by atoms with Gasteiger partial charge in [-0.15, -0.1) is 5.10 Å². The van der Waals surface area contributed by atoms with E-state index in [2.05, 4.69) is 15.5 Å². The third kappa shape index (κ3) is 5.50. The molecule has 2 aromatic carbocycles. The molecule has 1 heterocycles. The summed E-state index contributed by atoms with van der Waals surface area (Å²) in [4.78, 5) is 12.2. The minimum absolute atomic E-state index is 0.120. The molecule has 0 spiro atoms. The number of carbonyl (C=O) groups excluding carboxylic acids is 1. The monoisotopic (exact) mass is 435 g/mol. The Morgan fingerprint density at radius 3 is 2.68 bits per heavy atom. The lowest BCUT2D eigenvalue weighted by Gasteiger charge is -2.08. The summed E-state index contributed by atoms with van der Waals surface area (Å²) >= 11 is 13.6. The van der Waals surface area contributed by atoms with Crippen molar-refractivity contribution < 1.29 is 9.53 Å². The van der Waals surface area contributed by atoms with E-state index < -0.39 is 0 Å². The fourth-order valence-electron chi connectivity index (χ4n) is 2.54. The molecule has 1 fully saturated rings. The predicted octanol–water partition coefficient (Wildman–Crippen LogP) is 4.94. The zero-order valence-corrected chi connectivity index (χ0v) is 17.7. The van der Waals surface area contributed by atoms with Crippen LogP contribution in [0.15, 0.2) is 52.7 Å². The van der Waals surface area contributed by atoms with Crippen molar-refractivity contribution in [3.63, 3.8) is 0 Å². The van der Waals surface area contributed by atoms with E-state index in [0.717, 1.165) is 16.9 Å². The highest BCUT2D eigenvalue weighted by Crippen LogP contribution is 2.30. The third-order valence-corrected chi connectivity index (χ3v) is 5.75. The first-order chi connectivity index (χ1) is 13.4. The normalized spacial score (nSPS) is 18.2. The molecule has 8 heteroatoms. The van der Waals surface area contributed by atoms with Crippen molar-refractivity contribution in [3.8, 4) is 5.75 Å². The summed E-state index contributed by atoms with van der Waals surface area (Å²) in [6.07, 6.45) is 2.22. The van der Waals surface area contributed by atoms with Gasteiger partial charge in [0.05, 0.1) is 27.6 Å². The number of nitrogens with one attached hydrogen (secondary N) is 1. The molecule has 1 saturated heterocycles. The Morgan fingerprint density at radius 1 is 1.21 bits per heavy atom. The highest BCUT2D eigenvalue weighted by Gasteiger charge is 2.31. The maximum atomic E-state index is 12.2. The summed E-state index contributed by atoms with van der Waals surface area (Å²) in [5, 5.41) is 12.0. The summed E-state index contributed by atoms with van der Waals surface area (Å²) in [6, 6.07) is 13.0. The molecule has 1 amide bonds. The Kier molecular flexibility index (Phi) is 6.99. The number of rotatable bonds is 6. The van der Waals surface area contributed by atoms with Crippen molar-refractivity contribution >= 4 is 52.3 Å². The first-order valence-corrected chi connectivity index (χ1v) is 10.3. The summed E-state index contributed by atoms with van der Waals surface area (Å²) < 4.78 is 5.60. The van der Waals surface area contributed by atoms with E-state index in [0.29, 0.717) is 21.6 Å². The van der Waals surface area contributed by atoms with Gasteiger partial charge in [-0.1, -0.05) is 47.1 Å². The van der Waals surface area contributed by atoms with Gasteiger partial charge in [-0.25, -0.2) is 0 Å². The Bertz CT molecular complexity index is 914. The van der Waals surface area contributed by atoms with E-state index >= 15 is 0 Å². The van der Waals surface area contributed by atoms with Gasteiger partial charge in [0, 0.05) is 0 Å². The Hall–Kier alpha value is -2.02. The first-order valence-electron chi connectivity index (χ1n) is 8.70. The van der Waals surface area contributed by atoms with Crippen molar-refractivity contribution in [1.82, 2.24) is 5.32 Å². The van der Waals surface area contributed by atoms with Crippen molar-refractivity contribution in [2.45, 2.75) is 31.6 Å². The van der Waals surface area contributed by atoms with E-state index in [4.69, 9.17) is 27.9 Å². The van der Waals surface area contributed by atoms with E-state index in [-0.39, 0.29) is 17.3 Å². The lowest BCUT2D eigenvalue weighted by Crippen LogP contribution is -2.26. The van der Waals surface area contributed by atoms with Gasteiger partial charge in [-0.3, -0.25) is 4.79 Å². The standard InChI is InChI=1S/C20H19Cl2N3O2S/c1-12(2)27-15-8-6-13(7-9-15)11-23-25-20-24-19(26)17(28-20)10-14-4-3-5-16(21)18(14)22/h3-9,11-12,17H,10H2,1-2H3,(H,24,25,26). The molecule has 1 unspecified atom stereocenters. The quantitative estimate of drug-likeness (QED) is 0.515. The van der Waals surface area contributed by atoms with Crippen LogP contribution in [0.25, 0.3) is 0 Å². The van der Waals surface area contributed by atoms with Crippen molar-refractivity contribution in [1.29, 1.82) is 0 Å². The number of amidine groups is 1. The molecule has 0 aliphatic carbocycles. The van der Waals surface area contributed by atoms with Crippen LogP contribution in [-0.2, 0) is 11.2 Å². The molecule has 1 atom stereocenters. The van der Waals surface area contributed by atoms with E-state index in [9.17, 15) is 4.79 Å². The van der Waals surface area contributed by atoms with Gasteiger partial charge < -0.3 is 10.1 Å². The lowest BCUT2D eigenvalue weighted by molar-refractivity contribution is -0.118. The molecule has 0 saturated carbocycles. The Labute approximate surface area is 178 Å². The fourth-order valence-corrected chi connectivity index (χ4v) is 3.89. The van der Waals surface area contributed by atoms with Crippen molar-refractivity contribution in [2.75, 3.05) is 0 Å². The molecule has 28 heavy (non-hydrogen) atoms. The minimum Gasteiger partial charge on any atom is -0.491 e. The molecule has 5 nitrogen and oxygen atoms in total. The van der Waals surface area contributed by atoms with Crippen LogP contribution in [0.5, 0.6) is 5.75 Å². The van der Waals surface area contributed by atoms with Gasteiger partial charge in [0.1, 0.15) is 5.75 Å². The molecule has 146 valence electrons. The van der Waals surface area contributed by atoms with E-state index in [1.54, 1.807) is 12.3 Å². The van der Waals surface area contributed by atoms with Gasteiger partial charge in [-0.05, 0) is 61.7 Å². The molecule has 1 N–H and O–H groups in total. The number of thioether (sulfide) groups is 1. The molecule has 1 aliphatic rings. The summed E-state index contributed by atoms with van der Waals surface area (Å²) in [7, 11) is 0.